The highest BCUT2D eigenvalue weighted by Gasteiger charge is 2.28. The van der Waals surface area contributed by atoms with Gasteiger partial charge in [0.15, 0.2) is 0 Å². The number of fused-ring (bicyclic) bond motifs is 1. The molecular weight excluding hydrogens is 222 g/mol. The third-order valence-corrected chi connectivity index (χ3v) is 4.55. The normalized spacial score (nSPS) is 30.8. The quantitative estimate of drug-likeness (QED) is 0.882. The first-order chi connectivity index (χ1) is 8.86. The molecule has 3 atom stereocenters. The molecule has 2 heteroatoms. The van der Waals surface area contributed by atoms with Crippen LogP contribution in [0.15, 0.2) is 24.3 Å². The fourth-order valence-corrected chi connectivity index (χ4v) is 3.41. The van der Waals surface area contributed by atoms with Gasteiger partial charge in [-0.1, -0.05) is 31.5 Å². The third-order valence-electron chi connectivity index (χ3n) is 4.55. The molecule has 0 radical (unpaired) electrons. The van der Waals surface area contributed by atoms with Crippen molar-refractivity contribution in [1.29, 1.82) is 0 Å². The fourth-order valence-electron chi connectivity index (χ4n) is 3.41. The molecule has 1 fully saturated rings. The Balaban J connectivity index is 1.64. The summed E-state index contributed by atoms with van der Waals surface area (Å²) >= 11 is 0. The van der Waals surface area contributed by atoms with Crippen molar-refractivity contribution < 1.29 is 4.74 Å². The summed E-state index contributed by atoms with van der Waals surface area (Å²) in [6, 6.07) is 9.20. The number of benzene rings is 1. The summed E-state index contributed by atoms with van der Waals surface area (Å²) in [6.07, 6.45) is 5.25. The van der Waals surface area contributed by atoms with Gasteiger partial charge >= 0.3 is 0 Å². The minimum absolute atomic E-state index is 0.592. The zero-order valence-electron chi connectivity index (χ0n) is 11.2. The molecule has 2 heterocycles. The van der Waals surface area contributed by atoms with E-state index in [-0.39, 0.29) is 0 Å². The molecule has 0 saturated carbocycles. The van der Waals surface area contributed by atoms with Crippen LogP contribution in [0.4, 0.5) is 0 Å². The molecule has 1 aromatic rings. The van der Waals surface area contributed by atoms with Gasteiger partial charge in [-0.15, -0.1) is 0 Å². The summed E-state index contributed by atoms with van der Waals surface area (Å²) < 4.78 is 5.78. The van der Waals surface area contributed by atoms with E-state index in [1.807, 2.05) is 0 Å². The van der Waals surface area contributed by atoms with E-state index in [2.05, 4.69) is 36.5 Å². The van der Waals surface area contributed by atoms with Crippen molar-refractivity contribution in [3.63, 3.8) is 0 Å². The minimum atomic E-state index is 0.592. The average Bonchev–Trinajstić information content (AvgIpc) is 2.83. The van der Waals surface area contributed by atoms with Crippen LogP contribution in [0.1, 0.15) is 44.1 Å². The van der Waals surface area contributed by atoms with Gasteiger partial charge < -0.3 is 10.1 Å². The van der Waals surface area contributed by atoms with Crippen molar-refractivity contribution in [2.24, 2.45) is 5.92 Å². The smallest absolute Gasteiger partial charge is 0.122 e. The number of nitrogens with one attached hydrogen (secondary N) is 1. The number of para-hydroxylation sites is 1. The second-order valence-corrected chi connectivity index (χ2v) is 5.73. The zero-order chi connectivity index (χ0) is 12.4. The second kappa shape index (κ2) is 5.31. The summed E-state index contributed by atoms with van der Waals surface area (Å²) in [5.74, 6) is 2.62. The van der Waals surface area contributed by atoms with Gasteiger partial charge in [-0.2, -0.15) is 0 Å². The lowest BCUT2D eigenvalue weighted by molar-refractivity contribution is 0.256. The number of piperidine rings is 1. The molecule has 0 amide bonds. The average molecular weight is 245 g/mol. The molecule has 3 unspecified atom stereocenters. The SMILES string of the molecule is CCC1CCNC(CC2COc3ccccc32)C1. The topological polar surface area (TPSA) is 21.3 Å². The van der Waals surface area contributed by atoms with Gasteiger partial charge in [0.1, 0.15) is 5.75 Å². The van der Waals surface area contributed by atoms with Gasteiger partial charge in [-0.3, -0.25) is 0 Å². The van der Waals surface area contributed by atoms with Crippen LogP contribution in [0.25, 0.3) is 0 Å². The summed E-state index contributed by atoms with van der Waals surface area (Å²) in [7, 11) is 0. The summed E-state index contributed by atoms with van der Waals surface area (Å²) in [6.45, 7) is 4.38. The molecule has 0 bridgehead atoms. The lowest BCUT2D eigenvalue weighted by Crippen LogP contribution is -2.39. The predicted molar refractivity (Wildman–Crippen MR) is 74.1 cm³/mol. The first-order valence-corrected chi connectivity index (χ1v) is 7.32. The molecule has 1 saturated heterocycles. The van der Waals surface area contributed by atoms with E-state index in [1.165, 1.54) is 37.8 Å². The highest BCUT2D eigenvalue weighted by Crippen LogP contribution is 2.37. The Labute approximate surface area is 110 Å². The Bertz CT molecular complexity index is 404. The molecular formula is C16H23NO. The molecule has 2 nitrogen and oxygen atoms in total. The molecule has 2 aliphatic rings. The van der Waals surface area contributed by atoms with E-state index in [0.29, 0.717) is 12.0 Å². The molecule has 0 spiro atoms. The van der Waals surface area contributed by atoms with Crippen LogP contribution in [-0.2, 0) is 0 Å². The molecule has 0 aliphatic carbocycles. The fraction of sp³-hybridized carbons (Fsp3) is 0.625. The summed E-state index contributed by atoms with van der Waals surface area (Å²) in [4.78, 5) is 0. The second-order valence-electron chi connectivity index (χ2n) is 5.73. The van der Waals surface area contributed by atoms with Crippen LogP contribution in [0.5, 0.6) is 5.75 Å². The number of hydrogen-bond acceptors (Lipinski definition) is 2. The molecule has 0 aromatic heterocycles. The molecule has 3 rings (SSSR count). The van der Waals surface area contributed by atoms with E-state index >= 15 is 0 Å². The maximum absolute atomic E-state index is 5.78. The van der Waals surface area contributed by atoms with Crippen molar-refractivity contribution in [2.45, 2.75) is 44.6 Å². The first-order valence-electron chi connectivity index (χ1n) is 7.32. The monoisotopic (exact) mass is 245 g/mol. The highest BCUT2D eigenvalue weighted by molar-refractivity contribution is 5.39. The molecule has 18 heavy (non-hydrogen) atoms. The molecule has 1 aromatic carbocycles. The Morgan fingerprint density at radius 1 is 1.33 bits per heavy atom. The Kier molecular flexibility index (Phi) is 3.55. The van der Waals surface area contributed by atoms with Crippen LogP contribution >= 0.6 is 0 Å². The van der Waals surface area contributed by atoms with Crippen molar-refractivity contribution in [1.82, 2.24) is 5.32 Å². The standard InChI is InChI=1S/C16H23NO/c1-2-12-7-8-17-14(9-12)10-13-11-18-16-6-4-3-5-15(13)16/h3-6,12-14,17H,2,7-11H2,1H3. The van der Waals surface area contributed by atoms with E-state index in [1.54, 1.807) is 0 Å². The highest BCUT2D eigenvalue weighted by atomic mass is 16.5. The van der Waals surface area contributed by atoms with Crippen LogP contribution in [0, 0.1) is 5.92 Å². The molecule has 98 valence electrons. The van der Waals surface area contributed by atoms with Crippen LogP contribution in [0.3, 0.4) is 0 Å². The van der Waals surface area contributed by atoms with E-state index in [0.717, 1.165) is 18.3 Å². The number of rotatable bonds is 3. The van der Waals surface area contributed by atoms with Gasteiger partial charge in [-0.25, -0.2) is 0 Å². The maximum atomic E-state index is 5.78. The van der Waals surface area contributed by atoms with Crippen molar-refractivity contribution in [3.05, 3.63) is 29.8 Å². The Hall–Kier alpha value is -1.02. The van der Waals surface area contributed by atoms with Gasteiger partial charge in [0.05, 0.1) is 6.61 Å². The van der Waals surface area contributed by atoms with Crippen molar-refractivity contribution in [3.8, 4) is 5.75 Å². The Morgan fingerprint density at radius 2 is 2.22 bits per heavy atom. The van der Waals surface area contributed by atoms with Gasteiger partial charge in [0, 0.05) is 17.5 Å². The predicted octanol–water partition coefficient (Wildman–Crippen LogP) is 3.33. The van der Waals surface area contributed by atoms with E-state index in [9.17, 15) is 0 Å². The van der Waals surface area contributed by atoms with Crippen molar-refractivity contribution >= 4 is 0 Å². The maximum Gasteiger partial charge on any atom is 0.122 e. The minimum Gasteiger partial charge on any atom is -0.493 e. The number of ether oxygens (including phenoxy) is 1. The van der Waals surface area contributed by atoms with Crippen LogP contribution < -0.4 is 10.1 Å². The van der Waals surface area contributed by atoms with Crippen molar-refractivity contribution in [2.75, 3.05) is 13.2 Å². The van der Waals surface area contributed by atoms with Gasteiger partial charge in [0.2, 0.25) is 0 Å². The first kappa shape index (κ1) is 12.0. The lowest BCUT2D eigenvalue weighted by atomic mass is 9.84. The molecule has 1 N–H and O–H groups in total. The number of hydrogen-bond donors (Lipinski definition) is 1. The van der Waals surface area contributed by atoms with Crippen LogP contribution in [0.2, 0.25) is 0 Å². The Morgan fingerprint density at radius 3 is 3.11 bits per heavy atom. The zero-order valence-corrected chi connectivity index (χ0v) is 11.2. The third kappa shape index (κ3) is 2.39. The van der Waals surface area contributed by atoms with E-state index in [4.69, 9.17) is 4.74 Å². The van der Waals surface area contributed by atoms with Crippen LogP contribution in [-0.4, -0.2) is 19.2 Å². The summed E-state index contributed by atoms with van der Waals surface area (Å²) in [5, 5.41) is 3.69. The lowest BCUT2D eigenvalue weighted by Gasteiger charge is -2.31. The molecule has 2 aliphatic heterocycles. The van der Waals surface area contributed by atoms with E-state index < -0.39 is 0 Å². The summed E-state index contributed by atoms with van der Waals surface area (Å²) in [5.41, 5.74) is 1.41. The van der Waals surface area contributed by atoms with Gasteiger partial charge in [0.25, 0.3) is 0 Å². The van der Waals surface area contributed by atoms with Gasteiger partial charge in [-0.05, 0) is 37.8 Å². The largest absolute Gasteiger partial charge is 0.493 e.